The molecular formula is C36H42N12O3. The molecule has 3 atom stereocenters. The summed E-state index contributed by atoms with van der Waals surface area (Å²) in [4.78, 5) is 16.2. The number of tetrazole rings is 1. The number of morpholine rings is 1. The third kappa shape index (κ3) is 8.47. The lowest BCUT2D eigenvalue weighted by atomic mass is 9.89. The summed E-state index contributed by atoms with van der Waals surface area (Å²) in [6.45, 7) is 8.92. The number of nitriles is 1. The van der Waals surface area contributed by atoms with E-state index in [1.165, 1.54) is 6.33 Å². The van der Waals surface area contributed by atoms with E-state index in [-0.39, 0.29) is 31.0 Å². The SMILES string of the molecule is CC(Cn1cnnn1)Oc1cc(-c2cnc(Nc3cn(C4CCC(N5C[C@@H](C)O[C@@H](C)C5)CC4)nc3OCc3ccccn3)nc2)ccc1C#N. The fraction of sp³-hybridized carbons (Fsp3) is 0.444. The van der Waals surface area contributed by atoms with Gasteiger partial charge in [0, 0.05) is 43.3 Å². The predicted octanol–water partition coefficient (Wildman–Crippen LogP) is 4.98. The van der Waals surface area contributed by atoms with Gasteiger partial charge in [0.1, 0.15) is 36.5 Å². The lowest BCUT2D eigenvalue weighted by Gasteiger charge is -2.42. The summed E-state index contributed by atoms with van der Waals surface area (Å²) < 4.78 is 21.9. The third-order valence-electron chi connectivity index (χ3n) is 9.28. The quantitative estimate of drug-likeness (QED) is 0.186. The number of benzene rings is 1. The van der Waals surface area contributed by atoms with Gasteiger partial charge in [-0.3, -0.25) is 14.6 Å². The van der Waals surface area contributed by atoms with Gasteiger partial charge in [-0.25, -0.2) is 14.6 Å². The molecule has 5 aromatic rings. The first-order chi connectivity index (χ1) is 24.9. The number of nitrogens with zero attached hydrogens (tertiary/aromatic N) is 11. The number of rotatable bonds is 12. The van der Waals surface area contributed by atoms with Crippen LogP contribution in [-0.4, -0.2) is 87.3 Å². The molecule has 15 heteroatoms. The van der Waals surface area contributed by atoms with Crippen molar-refractivity contribution in [2.75, 3.05) is 18.4 Å². The molecule has 1 aromatic carbocycles. The molecule has 51 heavy (non-hydrogen) atoms. The van der Waals surface area contributed by atoms with Gasteiger partial charge in [-0.1, -0.05) is 12.1 Å². The minimum Gasteiger partial charge on any atom is -0.487 e. The molecule has 0 amide bonds. The number of anilines is 2. The van der Waals surface area contributed by atoms with Crippen LogP contribution in [0.1, 0.15) is 63.8 Å². The van der Waals surface area contributed by atoms with Gasteiger partial charge >= 0.3 is 0 Å². The summed E-state index contributed by atoms with van der Waals surface area (Å²) in [5.74, 6) is 1.33. The third-order valence-corrected chi connectivity index (χ3v) is 9.28. The van der Waals surface area contributed by atoms with Crippen LogP contribution in [0.25, 0.3) is 11.1 Å². The molecule has 0 radical (unpaired) electrons. The Bertz CT molecular complexity index is 1890. The molecule has 1 saturated carbocycles. The van der Waals surface area contributed by atoms with Gasteiger partial charge in [0.15, 0.2) is 0 Å². The Hall–Kier alpha value is -5.46. The van der Waals surface area contributed by atoms with Crippen LogP contribution < -0.4 is 14.8 Å². The molecule has 1 aliphatic heterocycles. The minimum atomic E-state index is -0.277. The highest BCUT2D eigenvalue weighted by Gasteiger charge is 2.32. The maximum absolute atomic E-state index is 9.69. The summed E-state index contributed by atoms with van der Waals surface area (Å²) in [7, 11) is 0. The van der Waals surface area contributed by atoms with E-state index in [0.29, 0.717) is 41.4 Å². The molecular weight excluding hydrogens is 648 g/mol. The number of nitrogens with one attached hydrogen (secondary N) is 1. The Kier molecular flexibility index (Phi) is 10.4. The zero-order chi connectivity index (χ0) is 35.2. The van der Waals surface area contributed by atoms with Crippen LogP contribution in [0, 0.1) is 11.3 Å². The molecule has 5 heterocycles. The Morgan fingerprint density at radius 3 is 2.49 bits per heavy atom. The summed E-state index contributed by atoms with van der Waals surface area (Å²) in [5, 5.41) is 29.1. The molecule has 0 bridgehead atoms. The molecule has 15 nitrogen and oxygen atoms in total. The van der Waals surface area contributed by atoms with Crippen LogP contribution in [0.4, 0.5) is 11.6 Å². The van der Waals surface area contributed by atoms with E-state index in [0.717, 1.165) is 55.6 Å². The Labute approximate surface area is 296 Å². The normalized spacial score (nSPS) is 21.5. The first kappa shape index (κ1) is 34.0. The zero-order valence-electron chi connectivity index (χ0n) is 29.0. The van der Waals surface area contributed by atoms with Crippen LogP contribution in [0.5, 0.6) is 11.6 Å². The van der Waals surface area contributed by atoms with Crippen molar-refractivity contribution in [1.29, 1.82) is 5.26 Å². The fourth-order valence-electron chi connectivity index (χ4n) is 6.92. The summed E-state index contributed by atoms with van der Waals surface area (Å²) >= 11 is 0. The lowest BCUT2D eigenvalue weighted by Crippen LogP contribution is -2.51. The van der Waals surface area contributed by atoms with Crippen molar-refractivity contribution in [2.24, 2.45) is 0 Å². The lowest BCUT2D eigenvalue weighted by molar-refractivity contribution is -0.0852. The van der Waals surface area contributed by atoms with Crippen molar-refractivity contribution in [2.45, 2.75) is 90.0 Å². The molecule has 4 aromatic heterocycles. The number of hydrogen-bond donors (Lipinski definition) is 1. The molecule has 1 N–H and O–H groups in total. The molecule has 264 valence electrons. The van der Waals surface area contributed by atoms with Gasteiger partial charge < -0.3 is 19.5 Å². The molecule has 1 saturated heterocycles. The van der Waals surface area contributed by atoms with Crippen LogP contribution >= 0.6 is 0 Å². The zero-order valence-corrected chi connectivity index (χ0v) is 29.0. The van der Waals surface area contributed by atoms with Crippen LogP contribution in [0.3, 0.4) is 0 Å². The van der Waals surface area contributed by atoms with E-state index >= 15 is 0 Å². The van der Waals surface area contributed by atoms with Crippen molar-refractivity contribution in [3.63, 3.8) is 0 Å². The molecule has 1 aliphatic carbocycles. The summed E-state index contributed by atoms with van der Waals surface area (Å²) in [5.41, 5.74) is 3.50. The largest absolute Gasteiger partial charge is 0.487 e. The van der Waals surface area contributed by atoms with Crippen molar-refractivity contribution in [3.8, 4) is 28.8 Å². The second-order valence-electron chi connectivity index (χ2n) is 13.3. The number of ether oxygens (including phenoxy) is 3. The van der Waals surface area contributed by atoms with E-state index in [9.17, 15) is 5.26 Å². The van der Waals surface area contributed by atoms with E-state index in [4.69, 9.17) is 19.3 Å². The molecule has 2 aliphatic rings. The maximum Gasteiger partial charge on any atom is 0.257 e. The maximum atomic E-state index is 9.69. The molecule has 0 spiro atoms. The molecule has 1 unspecified atom stereocenters. The van der Waals surface area contributed by atoms with Gasteiger partial charge in [0.2, 0.25) is 5.95 Å². The number of pyridine rings is 1. The van der Waals surface area contributed by atoms with Gasteiger partial charge in [0.05, 0.1) is 42.2 Å². The second-order valence-corrected chi connectivity index (χ2v) is 13.3. The summed E-state index contributed by atoms with van der Waals surface area (Å²) in [6, 6.07) is 14.2. The average Bonchev–Trinajstić information content (AvgIpc) is 3.81. The van der Waals surface area contributed by atoms with Gasteiger partial charge in [-0.15, -0.1) is 10.2 Å². The van der Waals surface area contributed by atoms with Crippen molar-refractivity contribution in [3.05, 3.63) is 78.8 Å². The van der Waals surface area contributed by atoms with E-state index < -0.39 is 0 Å². The highest BCUT2D eigenvalue weighted by molar-refractivity contribution is 5.67. The molecule has 2 fully saturated rings. The highest BCUT2D eigenvalue weighted by atomic mass is 16.5. The standard InChI is InChI=1S/C36H42N12O3/c1-24-18-46(19-25(2)50-24)31-9-11-32(12-10-31)48-21-33(35(43-48)49-22-30-6-4-5-13-38-30)42-36-39-16-29(17-40-36)27-7-8-28(15-37)34(14-27)51-26(3)20-47-23-41-44-45-47/h4-8,13-14,16-17,21,23-26,31-32H,9-12,18-20,22H2,1-3H3,(H,39,40,42)/t24-,25+,26?,31?,32?. The van der Waals surface area contributed by atoms with Crippen molar-refractivity contribution in [1.82, 2.24) is 49.8 Å². The van der Waals surface area contributed by atoms with E-state index in [1.807, 2.05) is 48.1 Å². The second kappa shape index (κ2) is 15.6. The first-order valence-electron chi connectivity index (χ1n) is 17.4. The first-order valence-corrected chi connectivity index (χ1v) is 17.4. The molecule has 7 rings (SSSR count). The highest BCUT2D eigenvalue weighted by Crippen LogP contribution is 2.36. The number of aromatic nitrogens is 9. The monoisotopic (exact) mass is 690 g/mol. The van der Waals surface area contributed by atoms with E-state index in [1.54, 1.807) is 29.3 Å². The minimum absolute atomic E-state index is 0.261. The predicted molar refractivity (Wildman–Crippen MR) is 187 cm³/mol. The Morgan fingerprint density at radius 1 is 1.00 bits per heavy atom. The Balaban J connectivity index is 1.05. The van der Waals surface area contributed by atoms with Crippen molar-refractivity contribution >= 4 is 11.6 Å². The smallest absolute Gasteiger partial charge is 0.257 e. The Morgan fingerprint density at radius 2 is 1.78 bits per heavy atom. The van der Waals surface area contributed by atoms with Crippen LogP contribution in [-0.2, 0) is 17.9 Å². The number of hydrogen-bond acceptors (Lipinski definition) is 13. The fourth-order valence-corrected chi connectivity index (χ4v) is 6.92. The van der Waals surface area contributed by atoms with Gasteiger partial charge in [-0.05, 0) is 86.7 Å². The van der Waals surface area contributed by atoms with Gasteiger partial charge in [-0.2, -0.15) is 5.26 Å². The van der Waals surface area contributed by atoms with Crippen LogP contribution in [0.15, 0.2) is 67.5 Å². The van der Waals surface area contributed by atoms with E-state index in [2.05, 4.69) is 60.6 Å². The van der Waals surface area contributed by atoms with Gasteiger partial charge in [0.25, 0.3) is 5.88 Å². The van der Waals surface area contributed by atoms with Crippen molar-refractivity contribution < 1.29 is 14.2 Å². The average molecular weight is 691 g/mol. The van der Waals surface area contributed by atoms with Crippen LogP contribution in [0.2, 0.25) is 0 Å². The summed E-state index contributed by atoms with van der Waals surface area (Å²) in [6.07, 6.45) is 13.3. The topological polar surface area (TPSA) is 167 Å².